The van der Waals surface area contributed by atoms with Gasteiger partial charge in [-0.3, -0.25) is 0 Å². The Balaban J connectivity index is 1.82. The van der Waals surface area contributed by atoms with Crippen LogP contribution in [0, 0.1) is 0 Å². The monoisotopic (exact) mass is 274 g/mol. The van der Waals surface area contributed by atoms with Crippen LogP contribution in [0.2, 0.25) is 0 Å². The van der Waals surface area contributed by atoms with Crippen molar-refractivity contribution in [3.63, 3.8) is 0 Å². The zero-order chi connectivity index (χ0) is 14.1. The molecule has 5 atom stereocenters. The number of fused-ring (bicyclic) bond motifs is 1. The minimum atomic E-state index is -1.03. The van der Waals surface area contributed by atoms with Gasteiger partial charge in [-0.1, -0.05) is 0 Å². The molecule has 0 radical (unpaired) electrons. The van der Waals surface area contributed by atoms with Crippen molar-refractivity contribution in [3.8, 4) is 0 Å². The molecule has 1 N–H and O–H groups in total. The van der Waals surface area contributed by atoms with E-state index in [-0.39, 0.29) is 12.2 Å². The highest BCUT2D eigenvalue weighted by Crippen LogP contribution is 2.47. The minimum Gasteiger partial charge on any atom is -0.366 e. The van der Waals surface area contributed by atoms with Gasteiger partial charge < -0.3 is 28.8 Å². The van der Waals surface area contributed by atoms with Crippen LogP contribution in [0.1, 0.15) is 34.6 Å². The Labute approximate surface area is 112 Å². The molecule has 3 heterocycles. The lowest BCUT2D eigenvalue weighted by Gasteiger charge is -2.26. The molecule has 110 valence electrons. The highest BCUT2D eigenvalue weighted by Gasteiger charge is 2.65. The summed E-state index contributed by atoms with van der Waals surface area (Å²) in [6, 6.07) is 0. The van der Waals surface area contributed by atoms with Crippen LogP contribution in [0.3, 0.4) is 0 Å². The summed E-state index contributed by atoms with van der Waals surface area (Å²) in [5.74, 6) is -1.37. The van der Waals surface area contributed by atoms with Gasteiger partial charge in [0.25, 0.3) is 0 Å². The molecule has 3 rings (SSSR count). The van der Waals surface area contributed by atoms with Gasteiger partial charge in [0.2, 0.25) is 0 Å². The van der Waals surface area contributed by atoms with Crippen LogP contribution in [-0.2, 0) is 23.7 Å². The number of rotatable bonds is 1. The molecule has 0 aromatic rings. The van der Waals surface area contributed by atoms with Gasteiger partial charge in [-0.15, -0.1) is 0 Å². The Morgan fingerprint density at radius 2 is 1.68 bits per heavy atom. The molecule has 3 fully saturated rings. The fraction of sp³-hybridized carbons (Fsp3) is 1.00. The molecule has 0 saturated carbocycles. The van der Waals surface area contributed by atoms with Gasteiger partial charge in [-0.05, 0) is 34.6 Å². The van der Waals surface area contributed by atoms with Crippen LogP contribution in [0.25, 0.3) is 0 Å². The van der Waals surface area contributed by atoms with Crippen molar-refractivity contribution in [1.82, 2.24) is 0 Å². The van der Waals surface area contributed by atoms with Crippen LogP contribution in [-0.4, -0.2) is 53.5 Å². The molecule has 3 aliphatic rings. The van der Waals surface area contributed by atoms with Crippen LogP contribution in [0.5, 0.6) is 0 Å². The second kappa shape index (κ2) is 3.90. The van der Waals surface area contributed by atoms with Crippen molar-refractivity contribution < 1.29 is 28.8 Å². The van der Waals surface area contributed by atoms with E-state index in [0.717, 1.165) is 0 Å². The second-order valence-corrected chi connectivity index (χ2v) is 6.54. The van der Waals surface area contributed by atoms with E-state index >= 15 is 0 Å². The third-order valence-electron chi connectivity index (χ3n) is 3.91. The molecule has 0 aliphatic carbocycles. The largest absolute Gasteiger partial charge is 0.366 e. The van der Waals surface area contributed by atoms with Crippen LogP contribution in [0.15, 0.2) is 0 Å². The summed E-state index contributed by atoms with van der Waals surface area (Å²) in [5.41, 5.74) is -0.871. The average Bonchev–Trinajstić information content (AvgIpc) is 2.79. The van der Waals surface area contributed by atoms with Gasteiger partial charge in [0.1, 0.15) is 23.9 Å². The number of aliphatic hydroxyl groups is 1. The molecule has 0 bridgehead atoms. The first-order chi connectivity index (χ1) is 8.63. The van der Waals surface area contributed by atoms with E-state index in [9.17, 15) is 5.11 Å². The molecule has 19 heavy (non-hydrogen) atoms. The molecule has 0 amide bonds. The van der Waals surface area contributed by atoms with Crippen molar-refractivity contribution in [1.29, 1.82) is 0 Å². The Kier molecular flexibility index (Phi) is 2.82. The lowest BCUT2D eigenvalue weighted by atomic mass is 9.95. The molecule has 6 heteroatoms. The average molecular weight is 274 g/mol. The van der Waals surface area contributed by atoms with E-state index in [1.54, 1.807) is 6.92 Å². The van der Waals surface area contributed by atoms with Crippen LogP contribution in [0.4, 0.5) is 0 Å². The van der Waals surface area contributed by atoms with Gasteiger partial charge in [0.15, 0.2) is 17.9 Å². The Morgan fingerprint density at radius 3 is 2.26 bits per heavy atom. The Morgan fingerprint density at radius 1 is 1.00 bits per heavy atom. The minimum absolute atomic E-state index is 0.269. The number of hydrogen-bond donors (Lipinski definition) is 1. The summed E-state index contributed by atoms with van der Waals surface area (Å²) in [7, 11) is 0. The molecule has 0 spiro atoms. The standard InChI is InChI=1S/C13H22O6/c1-11(2)15-6-7(17-11)8-9-13(5,10(14)16-8)19-12(3,4)18-9/h7-10,14H,6H2,1-5H3/t7-,8-,9+,10?,13+/m1/s1. The molecule has 3 saturated heterocycles. The number of ether oxygens (including phenoxy) is 5. The van der Waals surface area contributed by atoms with Crippen molar-refractivity contribution in [3.05, 3.63) is 0 Å². The molecular formula is C13H22O6. The maximum atomic E-state index is 10.1. The van der Waals surface area contributed by atoms with E-state index in [1.807, 2.05) is 27.7 Å². The summed E-state index contributed by atoms with van der Waals surface area (Å²) in [6.45, 7) is 9.59. The van der Waals surface area contributed by atoms with Crippen molar-refractivity contribution >= 4 is 0 Å². The number of hydrogen-bond acceptors (Lipinski definition) is 6. The quantitative estimate of drug-likeness (QED) is 0.761. The fourth-order valence-corrected chi connectivity index (χ4v) is 3.13. The summed E-state index contributed by atoms with van der Waals surface area (Å²) in [4.78, 5) is 0. The van der Waals surface area contributed by atoms with Gasteiger partial charge in [-0.2, -0.15) is 0 Å². The van der Waals surface area contributed by atoms with Gasteiger partial charge in [-0.25, -0.2) is 0 Å². The molecule has 0 aromatic carbocycles. The topological polar surface area (TPSA) is 66.4 Å². The van der Waals surface area contributed by atoms with E-state index in [2.05, 4.69) is 0 Å². The van der Waals surface area contributed by atoms with E-state index in [1.165, 1.54) is 0 Å². The first-order valence-corrected chi connectivity index (χ1v) is 6.66. The van der Waals surface area contributed by atoms with Gasteiger partial charge in [0.05, 0.1) is 6.61 Å². The molecule has 6 nitrogen and oxygen atoms in total. The maximum Gasteiger partial charge on any atom is 0.187 e. The number of aliphatic hydroxyl groups excluding tert-OH is 1. The third kappa shape index (κ3) is 2.11. The predicted octanol–water partition coefficient (Wildman–Crippen LogP) is 0.765. The van der Waals surface area contributed by atoms with E-state index in [0.29, 0.717) is 6.61 Å². The Hall–Kier alpha value is -0.240. The van der Waals surface area contributed by atoms with Crippen LogP contribution < -0.4 is 0 Å². The first kappa shape index (κ1) is 13.7. The predicted molar refractivity (Wildman–Crippen MR) is 64.2 cm³/mol. The summed E-state index contributed by atoms with van der Waals surface area (Å²) in [5, 5.41) is 10.1. The lowest BCUT2D eigenvalue weighted by Crippen LogP contribution is -2.45. The summed E-state index contributed by atoms with van der Waals surface area (Å²) >= 11 is 0. The van der Waals surface area contributed by atoms with Gasteiger partial charge in [0, 0.05) is 0 Å². The highest BCUT2D eigenvalue weighted by atomic mass is 16.8. The molecule has 0 aromatic heterocycles. The van der Waals surface area contributed by atoms with Crippen molar-refractivity contribution in [2.24, 2.45) is 0 Å². The Bertz CT molecular complexity index is 381. The highest BCUT2D eigenvalue weighted by molar-refractivity contribution is 5.07. The second-order valence-electron chi connectivity index (χ2n) is 6.54. The molecule has 1 unspecified atom stereocenters. The first-order valence-electron chi connectivity index (χ1n) is 6.66. The molecular weight excluding hydrogens is 252 g/mol. The van der Waals surface area contributed by atoms with Crippen molar-refractivity contribution in [2.75, 3.05) is 6.61 Å². The molecule has 3 aliphatic heterocycles. The summed E-state index contributed by atoms with van der Waals surface area (Å²) < 4.78 is 28.7. The van der Waals surface area contributed by atoms with Crippen molar-refractivity contribution in [2.45, 2.75) is 76.4 Å². The fourth-order valence-electron chi connectivity index (χ4n) is 3.13. The maximum absolute atomic E-state index is 10.1. The van der Waals surface area contributed by atoms with Crippen LogP contribution >= 0.6 is 0 Å². The smallest absolute Gasteiger partial charge is 0.187 e. The van der Waals surface area contributed by atoms with Gasteiger partial charge >= 0.3 is 0 Å². The third-order valence-corrected chi connectivity index (χ3v) is 3.91. The zero-order valence-electron chi connectivity index (χ0n) is 12.0. The SMILES string of the molecule is CC1(C)OC[C@H]([C@H]2OC(O)[C@@]3(C)OC(C)(C)O[C@@H]23)O1. The zero-order valence-corrected chi connectivity index (χ0v) is 12.0. The lowest BCUT2D eigenvalue weighted by molar-refractivity contribution is -0.252. The normalized spacial score (nSPS) is 51.5. The van der Waals surface area contributed by atoms with E-state index in [4.69, 9.17) is 23.7 Å². The summed E-state index contributed by atoms with van der Waals surface area (Å²) in [6.07, 6.45) is -2.07. The van der Waals surface area contributed by atoms with E-state index < -0.39 is 29.6 Å².